The van der Waals surface area contributed by atoms with Gasteiger partial charge in [-0.05, 0) is 18.3 Å². The molecule has 1 aliphatic rings. The third kappa shape index (κ3) is 2.73. The van der Waals surface area contributed by atoms with E-state index in [4.69, 9.17) is 4.74 Å². The lowest BCUT2D eigenvalue weighted by atomic mass is 9.70. The van der Waals surface area contributed by atoms with Crippen LogP contribution in [-0.4, -0.2) is 12.2 Å². The second-order valence-electron chi connectivity index (χ2n) is 5.62. The minimum absolute atomic E-state index is 0.125. The molecule has 1 fully saturated rings. The molecule has 0 heterocycles. The average Bonchev–Trinajstić information content (AvgIpc) is 2.38. The van der Waals surface area contributed by atoms with E-state index in [9.17, 15) is 13.9 Å². The second kappa shape index (κ2) is 5.45. The highest BCUT2D eigenvalue weighted by Gasteiger charge is 2.38. The Morgan fingerprint density at radius 2 is 1.68 bits per heavy atom. The summed E-state index contributed by atoms with van der Waals surface area (Å²) in [6, 6.07) is 2.24. The average molecular weight is 270 g/mol. The van der Waals surface area contributed by atoms with Gasteiger partial charge in [-0.3, -0.25) is 0 Å². The molecule has 0 aliphatic heterocycles. The first-order valence-electron chi connectivity index (χ1n) is 6.69. The number of benzene rings is 1. The fourth-order valence-electron chi connectivity index (χ4n) is 2.92. The van der Waals surface area contributed by atoms with Crippen molar-refractivity contribution in [1.29, 1.82) is 0 Å². The van der Waals surface area contributed by atoms with Gasteiger partial charge in [-0.2, -0.15) is 0 Å². The third-order valence-corrected chi connectivity index (χ3v) is 4.22. The van der Waals surface area contributed by atoms with Crippen molar-refractivity contribution >= 4 is 0 Å². The van der Waals surface area contributed by atoms with Crippen LogP contribution in [0.25, 0.3) is 0 Å². The van der Waals surface area contributed by atoms with Crippen molar-refractivity contribution in [3.05, 3.63) is 29.3 Å². The first kappa shape index (κ1) is 14.3. The van der Waals surface area contributed by atoms with E-state index in [1.165, 1.54) is 7.11 Å². The molecule has 0 saturated heterocycles. The highest BCUT2D eigenvalue weighted by molar-refractivity contribution is 5.32. The van der Waals surface area contributed by atoms with Gasteiger partial charge in [0.05, 0.1) is 18.8 Å². The number of aliphatic hydroxyl groups excluding tert-OH is 1. The lowest BCUT2D eigenvalue weighted by Crippen LogP contribution is -2.29. The molecule has 0 amide bonds. The zero-order valence-corrected chi connectivity index (χ0v) is 11.4. The van der Waals surface area contributed by atoms with Gasteiger partial charge in [-0.25, -0.2) is 8.78 Å². The van der Waals surface area contributed by atoms with E-state index in [0.717, 1.165) is 44.2 Å². The van der Waals surface area contributed by atoms with Crippen molar-refractivity contribution in [2.45, 2.75) is 45.1 Å². The van der Waals surface area contributed by atoms with E-state index < -0.39 is 23.2 Å². The number of hydrogen-bond acceptors (Lipinski definition) is 2. The molecule has 1 aromatic rings. The van der Waals surface area contributed by atoms with Gasteiger partial charge in [-0.15, -0.1) is 0 Å². The monoisotopic (exact) mass is 270 g/mol. The molecule has 0 bridgehead atoms. The predicted octanol–water partition coefficient (Wildman–Crippen LogP) is 3.98. The van der Waals surface area contributed by atoms with Gasteiger partial charge >= 0.3 is 0 Å². The lowest BCUT2D eigenvalue weighted by molar-refractivity contribution is 0.00331. The van der Waals surface area contributed by atoms with E-state index in [1.54, 1.807) is 0 Å². The van der Waals surface area contributed by atoms with E-state index in [2.05, 4.69) is 0 Å². The van der Waals surface area contributed by atoms with Crippen molar-refractivity contribution < 1.29 is 18.6 Å². The lowest BCUT2D eigenvalue weighted by Gasteiger charge is -2.38. The summed E-state index contributed by atoms with van der Waals surface area (Å²) in [5.41, 5.74) is -0.681. The Hall–Kier alpha value is -1.16. The second-order valence-corrected chi connectivity index (χ2v) is 5.62. The zero-order valence-electron chi connectivity index (χ0n) is 11.4. The molecule has 1 aliphatic carbocycles. The predicted molar refractivity (Wildman–Crippen MR) is 69.1 cm³/mol. The molecule has 0 aromatic heterocycles. The van der Waals surface area contributed by atoms with Gasteiger partial charge in [0.2, 0.25) is 0 Å². The van der Waals surface area contributed by atoms with Crippen LogP contribution in [0.3, 0.4) is 0 Å². The zero-order chi connectivity index (χ0) is 14.0. The third-order valence-electron chi connectivity index (χ3n) is 4.22. The van der Waals surface area contributed by atoms with Gasteiger partial charge in [-0.1, -0.05) is 26.2 Å². The molecular weight excluding hydrogens is 250 g/mol. The Kier molecular flexibility index (Phi) is 4.09. The highest BCUT2D eigenvalue weighted by atomic mass is 19.1. The SMILES string of the molecule is COc1cc(F)c(C(O)C2(C)CCCCC2)c(F)c1. The Balaban J connectivity index is 2.35. The Morgan fingerprint density at radius 1 is 1.16 bits per heavy atom. The van der Waals surface area contributed by atoms with Crippen molar-refractivity contribution in [2.75, 3.05) is 7.11 Å². The van der Waals surface area contributed by atoms with Crippen molar-refractivity contribution in [2.24, 2.45) is 5.41 Å². The summed E-state index contributed by atoms with van der Waals surface area (Å²) < 4.78 is 32.8. The molecule has 4 heteroatoms. The van der Waals surface area contributed by atoms with Crippen LogP contribution < -0.4 is 4.74 Å². The number of aliphatic hydroxyl groups is 1. The summed E-state index contributed by atoms with van der Waals surface area (Å²) in [5.74, 6) is -1.35. The number of hydrogen-bond donors (Lipinski definition) is 1. The van der Waals surface area contributed by atoms with Crippen molar-refractivity contribution in [3.63, 3.8) is 0 Å². The summed E-state index contributed by atoms with van der Waals surface area (Å²) in [6.07, 6.45) is 3.58. The Morgan fingerprint density at radius 3 is 2.16 bits per heavy atom. The quantitative estimate of drug-likeness (QED) is 0.900. The maximum atomic E-state index is 14.0. The van der Waals surface area contributed by atoms with Gasteiger partial charge in [0, 0.05) is 12.1 Å². The summed E-state index contributed by atoms with van der Waals surface area (Å²) in [7, 11) is 1.35. The Labute approximate surface area is 112 Å². The molecule has 1 N–H and O–H groups in total. The molecule has 19 heavy (non-hydrogen) atoms. The van der Waals surface area contributed by atoms with Gasteiger partial charge < -0.3 is 9.84 Å². The fraction of sp³-hybridized carbons (Fsp3) is 0.600. The molecule has 0 spiro atoms. The van der Waals surface area contributed by atoms with Gasteiger partial charge in [0.25, 0.3) is 0 Å². The summed E-state index contributed by atoms with van der Waals surface area (Å²) in [5, 5.41) is 10.4. The normalized spacial score (nSPS) is 20.1. The standard InChI is InChI=1S/C15H20F2O2/c1-15(6-4-3-5-7-15)14(18)13-11(16)8-10(19-2)9-12(13)17/h8-9,14,18H,3-7H2,1-2H3. The Bertz CT molecular complexity index is 430. The van der Waals surface area contributed by atoms with Crippen LogP contribution in [0.1, 0.15) is 50.7 Å². The van der Waals surface area contributed by atoms with Crippen LogP contribution in [0, 0.1) is 17.0 Å². The molecule has 0 radical (unpaired) electrons. The largest absolute Gasteiger partial charge is 0.497 e. The number of methoxy groups -OCH3 is 1. The minimum Gasteiger partial charge on any atom is -0.497 e. The van der Waals surface area contributed by atoms with Gasteiger partial charge in [0.15, 0.2) is 0 Å². The smallest absolute Gasteiger partial charge is 0.135 e. The molecule has 1 atom stereocenters. The van der Waals surface area contributed by atoms with E-state index in [-0.39, 0.29) is 11.3 Å². The van der Waals surface area contributed by atoms with E-state index in [0.29, 0.717) is 0 Å². The molecule has 2 rings (SSSR count). The maximum absolute atomic E-state index is 14.0. The van der Waals surface area contributed by atoms with Crippen LogP contribution in [0.2, 0.25) is 0 Å². The van der Waals surface area contributed by atoms with Crippen LogP contribution in [0.5, 0.6) is 5.75 Å². The first-order valence-corrected chi connectivity index (χ1v) is 6.69. The van der Waals surface area contributed by atoms with Crippen LogP contribution in [0.15, 0.2) is 12.1 Å². The molecular formula is C15H20F2O2. The molecule has 1 saturated carbocycles. The molecule has 106 valence electrons. The van der Waals surface area contributed by atoms with Crippen molar-refractivity contribution in [1.82, 2.24) is 0 Å². The fourth-order valence-corrected chi connectivity index (χ4v) is 2.92. The van der Waals surface area contributed by atoms with Gasteiger partial charge in [0.1, 0.15) is 17.4 Å². The molecule has 2 nitrogen and oxygen atoms in total. The highest BCUT2D eigenvalue weighted by Crippen LogP contribution is 2.47. The number of halogens is 2. The van der Waals surface area contributed by atoms with Crippen LogP contribution in [0.4, 0.5) is 8.78 Å². The number of rotatable bonds is 3. The molecule has 1 unspecified atom stereocenters. The van der Waals surface area contributed by atoms with Crippen molar-refractivity contribution in [3.8, 4) is 5.75 Å². The summed E-state index contributed by atoms with van der Waals surface area (Å²) in [4.78, 5) is 0. The van der Waals surface area contributed by atoms with E-state index >= 15 is 0 Å². The summed E-state index contributed by atoms with van der Waals surface area (Å²) in [6.45, 7) is 1.90. The topological polar surface area (TPSA) is 29.5 Å². The maximum Gasteiger partial charge on any atom is 0.135 e. The molecule has 1 aromatic carbocycles. The van der Waals surface area contributed by atoms with Crippen LogP contribution >= 0.6 is 0 Å². The minimum atomic E-state index is -1.11. The first-order chi connectivity index (χ1) is 8.98. The van der Waals surface area contributed by atoms with Crippen LogP contribution in [-0.2, 0) is 0 Å². The summed E-state index contributed by atoms with van der Waals surface area (Å²) >= 11 is 0. The number of ether oxygens (including phenoxy) is 1. The van der Waals surface area contributed by atoms with E-state index in [1.807, 2.05) is 6.92 Å².